The summed E-state index contributed by atoms with van der Waals surface area (Å²) in [4.78, 5) is 19.9. The molecule has 1 unspecified atom stereocenters. The fourth-order valence-corrected chi connectivity index (χ4v) is 6.38. The number of aliphatic hydroxyl groups excluding tert-OH is 1. The molecule has 1 aromatic heterocycles. The van der Waals surface area contributed by atoms with E-state index in [2.05, 4.69) is 15.2 Å². The van der Waals surface area contributed by atoms with E-state index in [0.29, 0.717) is 37.7 Å². The second-order valence-corrected chi connectivity index (χ2v) is 13.6. The number of pyridine rings is 1. The minimum absolute atomic E-state index is 0.0237. The van der Waals surface area contributed by atoms with E-state index >= 15 is 0 Å². The van der Waals surface area contributed by atoms with E-state index < -0.39 is 40.1 Å². The Hall–Kier alpha value is -3.52. The molecule has 2 saturated heterocycles. The number of benzene rings is 2. The van der Waals surface area contributed by atoms with Gasteiger partial charge in [-0.1, -0.05) is 31.2 Å². The number of nitrogens with zero attached hydrogens (tertiary/aromatic N) is 2. The lowest BCUT2D eigenvalue weighted by Crippen LogP contribution is -2.48. The summed E-state index contributed by atoms with van der Waals surface area (Å²) in [6.07, 6.45) is -1.42. The fraction of sp³-hybridized carbons (Fsp3) is 0.438. The molecule has 2 N–H and O–H groups in total. The molecule has 45 heavy (non-hydrogen) atoms. The maximum Gasteiger partial charge on any atom is 0.416 e. The first-order chi connectivity index (χ1) is 21.5. The summed E-state index contributed by atoms with van der Waals surface area (Å²) >= 11 is 0. The van der Waals surface area contributed by atoms with Gasteiger partial charge in [0.25, 0.3) is 5.91 Å². The average Bonchev–Trinajstić information content (AvgIpc) is 3.02. The van der Waals surface area contributed by atoms with Crippen LogP contribution >= 0.6 is 0 Å². The van der Waals surface area contributed by atoms with Crippen molar-refractivity contribution in [3.05, 3.63) is 89.1 Å². The van der Waals surface area contributed by atoms with Gasteiger partial charge in [-0.25, -0.2) is 13.4 Å². The van der Waals surface area contributed by atoms with Gasteiger partial charge in [-0.05, 0) is 60.4 Å². The molecule has 242 valence electrons. The second kappa shape index (κ2) is 13.9. The van der Waals surface area contributed by atoms with Gasteiger partial charge in [-0.3, -0.25) is 4.79 Å². The Balaban J connectivity index is 1.29. The van der Waals surface area contributed by atoms with Crippen LogP contribution in [0.1, 0.15) is 58.8 Å². The quantitative estimate of drug-likeness (QED) is 0.312. The summed E-state index contributed by atoms with van der Waals surface area (Å²) in [5.41, 5.74) is 0.936. The standard InChI is InChI=1S/C32H36F3N3O6S/c1-2-45(41,42)28-12-6-22(7-13-28)29(17-39)37-31(40)23-8-14-30(36-15-23)38-16-24(5-11-26(38)18-44-27-19-43-20-27)21-3-9-25(10-4-21)32(33,34)35/h3-4,6-10,12-15,24,26-27,29,39H,2,5,11,16-20H2,1H3,(H,37,40)/t24?,26-,29-/m0/s1. The molecule has 0 saturated carbocycles. The lowest BCUT2D eigenvalue weighted by molar-refractivity contribution is -0.137. The van der Waals surface area contributed by atoms with Crippen LogP contribution in [0, 0.1) is 0 Å². The van der Waals surface area contributed by atoms with Crippen LogP contribution in [0.3, 0.4) is 0 Å². The Kier molecular flexibility index (Phi) is 10.1. The molecule has 2 aliphatic heterocycles. The molecule has 2 aliphatic rings. The lowest BCUT2D eigenvalue weighted by Gasteiger charge is -2.41. The van der Waals surface area contributed by atoms with Gasteiger partial charge >= 0.3 is 6.18 Å². The molecule has 3 aromatic rings. The van der Waals surface area contributed by atoms with Crippen molar-refractivity contribution in [1.29, 1.82) is 0 Å². The number of rotatable bonds is 11. The third kappa shape index (κ3) is 7.83. The van der Waals surface area contributed by atoms with Crippen molar-refractivity contribution in [1.82, 2.24) is 10.3 Å². The Morgan fingerprint density at radius 1 is 1.09 bits per heavy atom. The van der Waals surface area contributed by atoms with E-state index in [0.717, 1.165) is 30.5 Å². The molecule has 2 fully saturated rings. The highest BCUT2D eigenvalue weighted by Crippen LogP contribution is 2.35. The number of alkyl halides is 3. The topological polar surface area (TPSA) is 118 Å². The van der Waals surface area contributed by atoms with Gasteiger partial charge < -0.3 is 24.8 Å². The summed E-state index contributed by atoms with van der Waals surface area (Å²) in [6, 6.07) is 13.9. The fourth-order valence-electron chi connectivity index (χ4n) is 5.50. The molecule has 9 nitrogen and oxygen atoms in total. The van der Waals surface area contributed by atoms with Gasteiger partial charge in [0.1, 0.15) is 11.9 Å². The van der Waals surface area contributed by atoms with Gasteiger partial charge in [-0.15, -0.1) is 0 Å². The Labute approximate surface area is 260 Å². The van der Waals surface area contributed by atoms with Crippen molar-refractivity contribution in [2.75, 3.05) is 43.6 Å². The van der Waals surface area contributed by atoms with Gasteiger partial charge in [0, 0.05) is 18.7 Å². The summed E-state index contributed by atoms with van der Waals surface area (Å²) in [5, 5.41) is 12.7. The van der Waals surface area contributed by atoms with Crippen molar-refractivity contribution in [2.24, 2.45) is 0 Å². The first-order valence-corrected chi connectivity index (χ1v) is 16.5. The van der Waals surface area contributed by atoms with E-state index in [-0.39, 0.29) is 34.3 Å². The minimum Gasteiger partial charge on any atom is -0.394 e. The molecule has 2 aromatic carbocycles. The molecule has 3 atom stereocenters. The number of halogens is 3. The molecule has 1 amide bonds. The third-order valence-corrected chi connectivity index (χ3v) is 10.1. The Bertz CT molecular complexity index is 1550. The van der Waals surface area contributed by atoms with Crippen LogP contribution in [-0.2, 0) is 25.5 Å². The van der Waals surface area contributed by atoms with Gasteiger partial charge in [-0.2, -0.15) is 13.2 Å². The highest BCUT2D eigenvalue weighted by Gasteiger charge is 2.34. The Morgan fingerprint density at radius 2 is 1.80 bits per heavy atom. The minimum atomic E-state index is -4.40. The number of ether oxygens (including phenoxy) is 2. The first kappa shape index (κ1) is 32.9. The largest absolute Gasteiger partial charge is 0.416 e. The van der Waals surface area contributed by atoms with Gasteiger partial charge in [0.15, 0.2) is 9.84 Å². The molecule has 13 heteroatoms. The number of aromatic nitrogens is 1. The monoisotopic (exact) mass is 647 g/mol. The molecule has 0 radical (unpaired) electrons. The predicted octanol–water partition coefficient (Wildman–Crippen LogP) is 4.53. The van der Waals surface area contributed by atoms with Crippen molar-refractivity contribution in [3.8, 4) is 0 Å². The zero-order chi connectivity index (χ0) is 32.2. The zero-order valence-electron chi connectivity index (χ0n) is 24.7. The van der Waals surface area contributed by atoms with Crippen LogP contribution in [-0.4, -0.2) is 75.3 Å². The van der Waals surface area contributed by atoms with E-state index in [9.17, 15) is 31.5 Å². The molecule has 0 aliphatic carbocycles. The highest BCUT2D eigenvalue weighted by molar-refractivity contribution is 7.91. The van der Waals surface area contributed by atoms with Gasteiger partial charge in [0.05, 0.1) is 60.3 Å². The number of aliphatic hydroxyl groups is 1. The van der Waals surface area contributed by atoms with E-state index in [1.54, 1.807) is 31.2 Å². The van der Waals surface area contributed by atoms with Crippen molar-refractivity contribution >= 4 is 21.6 Å². The van der Waals surface area contributed by atoms with E-state index in [1.165, 1.54) is 30.5 Å². The summed E-state index contributed by atoms with van der Waals surface area (Å²) < 4.78 is 74.8. The highest BCUT2D eigenvalue weighted by atomic mass is 32.2. The van der Waals surface area contributed by atoms with Crippen LogP contribution in [0.25, 0.3) is 0 Å². The number of piperidine rings is 1. The normalized spacial score (nSPS) is 20.0. The second-order valence-electron chi connectivity index (χ2n) is 11.3. The molecular weight excluding hydrogens is 611 g/mol. The Morgan fingerprint density at radius 3 is 2.36 bits per heavy atom. The third-order valence-electron chi connectivity index (χ3n) is 8.36. The number of carbonyl (C=O) groups excluding carboxylic acids is 1. The lowest BCUT2D eigenvalue weighted by atomic mass is 9.87. The number of sulfone groups is 1. The number of nitrogens with one attached hydrogen (secondary N) is 1. The summed E-state index contributed by atoms with van der Waals surface area (Å²) in [7, 11) is -3.38. The van der Waals surface area contributed by atoms with Crippen molar-refractivity contribution < 1.29 is 41.0 Å². The predicted molar refractivity (Wildman–Crippen MR) is 161 cm³/mol. The smallest absolute Gasteiger partial charge is 0.394 e. The SMILES string of the molecule is CCS(=O)(=O)c1ccc([C@H](CO)NC(=O)c2ccc(N3CC(c4ccc(C(F)(F)F)cc4)CC[C@H]3COC3COC3)nc2)cc1. The number of anilines is 1. The van der Waals surface area contributed by atoms with Crippen molar-refractivity contribution in [2.45, 2.75) is 54.9 Å². The maximum atomic E-state index is 13.1. The van der Waals surface area contributed by atoms with Crippen molar-refractivity contribution in [3.63, 3.8) is 0 Å². The summed E-state index contributed by atoms with van der Waals surface area (Å²) in [5.74, 6) is 0.0771. The van der Waals surface area contributed by atoms with Crippen LogP contribution < -0.4 is 10.2 Å². The molecular formula is C32H36F3N3O6S. The molecule has 3 heterocycles. The zero-order valence-corrected chi connectivity index (χ0v) is 25.6. The number of carbonyl (C=O) groups is 1. The van der Waals surface area contributed by atoms with Crippen LogP contribution in [0.15, 0.2) is 71.8 Å². The van der Waals surface area contributed by atoms with Crippen LogP contribution in [0.2, 0.25) is 0 Å². The summed E-state index contributed by atoms with van der Waals surface area (Å²) in [6.45, 7) is 3.19. The number of hydrogen-bond acceptors (Lipinski definition) is 8. The molecule has 0 spiro atoms. The maximum absolute atomic E-state index is 13.1. The van der Waals surface area contributed by atoms with E-state index in [4.69, 9.17) is 9.47 Å². The van der Waals surface area contributed by atoms with Crippen LogP contribution in [0.4, 0.5) is 19.0 Å². The van der Waals surface area contributed by atoms with E-state index in [1.807, 2.05) is 0 Å². The van der Waals surface area contributed by atoms with Gasteiger partial charge in [0.2, 0.25) is 0 Å². The number of hydrogen-bond donors (Lipinski definition) is 2. The average molecular weight is 648 g/mol. The molecule has 0 bridgehead atoms. The van der Waals surface area contributed by atoms with Crippen LogP contribution in [0.5, 0.6) is 0 Å². The molecule has 5 rings (SSSR count). The number of amides is 1. The first-order valence-electron chi connectivity index (χ1n) is 14.8.